The van der Waals surface area contributed by atoms with Crippen molar-refractivity contribution in [3.63, 3.8) is 0 Å². The van der Waals surface area contributed by atoms with Gasteiger partial charge in [-0.25, -0.2) is 26.6 Å². The van der Waals surface area contributed by atoms with Gasteiger partial charge in [0.15, 0.2) is 11.6 Å². The van der Waals surface area contributed by atoms with Gasteiger partial charge in [-0.3, -0.25) is 9.52 Å². The summed E-state index contributed by atoms with van der Waals surface area (Å²) in [6.07, 6.45) is 0.840. The number of anilines is 1. The van der Waals surface area contributed by atoms with Crippen LogP contribution in [0.25, 0.3) is 0 Å². The number of pyridine rings is 1. The third-order valence-corrected chi connectivity index (χ3v) is 4.81. The summed E-state index contributed by atoms with van der Waals surface area (Å²) < 4.78 is 71.8. The quantitative estimate of drug-likeness (QED) is 0.566. The Balaban J connectivity index is 0.00000107. The second-order valence-electron chi connectivity index (χ2n) is 5.52. The van der Waals surface area contributed by atoms with Gasteiger partial charge in [-0.1, -0.05) is 0 Å². The number of hydrogen-bond donors (Lipinski definition) is 2. The van der Waals surface area contributed by atoms with Crippen molar-refractivity contribution in [2.75, 3.05) is 4.72 Å². The first-order valence-electron chi connectivity index (χ1n) is 8.09. The number of hydrogen-bond acceptors (Lipinski definition) is 6. The van der Waals surface area contributed by atoms with Crippen LogP contribution in [0.4, 0.5) is 19.0 Å². The number of ether oxygens (including phenoxy) is 1. The van der Waals surface area contributed by atoms with Crippen LogP contribution in [0.5, 0.6) is 11.5 Å². The number of nitrogens with one attached hydrogen (secondary N) is 1. The van der Waals surface area contributed by atoms with Gasteiger partial charge < -0.3 is 9.84 Å². The third-order valence-electron chi connectivity index (χ3n) is 3.46. The Bertz CT molecular complexity index is 1230. The summed E-state index contributed by atoms with van der Waals surface area (Å²) in [5.41, 5.74) is -0.196. The van der Waals surface area contributed by atoms with Gasteiger partial charge in [-0.15, -0.1) is 0 Å². The van der Waals surface area contributed by atoms with Crippen LogP contribution in [-0.2, 0) is 14.8 Å². The van der Waals surface area contributed by atoms with Crippen LogP contribution in [0.1, 0.15) is 5.56 Å². The molecule has 31 heavy (non-hydrogen) atoms. The smallest absolute Gasteiger partial charge is 0.290 e. The van der Waals surface area contributed by atoms with Crippen molar-refractivity contribution in [1.82, 2.24) is 4.98 Å². The minimum Gasteiger partial charge on any atom is -0.483 e. The Labute approximate surface area is 174 Å². The minimum absolute atomic E-state index is 0.117. The average Bonchev–Trinajstić information content (AvgIpc) is 2.72. The zero-order valence-electron chi connectivity index (χ0n) is 15.3. The number of nitrogens with zero attached hydrogens (tertiary/aromatic N) is 2. The molecule has 0 unspecified atom stereocenters. The van der Waals surface area contributed by atoms with Crippen molar-refractivity contribution in [3.8, 4) is 17.6 Å². The van der Waals surface area contributed by atoms with Crippen molar-refractivity contribution in [3.05, 3.63) is 77.7 Å². The van der Waals surface area contributed by atoms with Gasteiger partial charge in [0.2, 0.25) is 0 Å². The van der Waals surface area contributed by atoms with Gasteiger partial charge in [0.1, 0.15) is 29.3 Å². The van der Waals surface area contributed by atoms with E-state index in [2.05, 4.69) is 9.71 Å². The Hall–Kier alpha value is -4.11. The summed E-state index contributed by atoms with van der Waals surface area (Å²) in [6.45, 7) is -0.250. The minimum atomic E-state index is -4.13. The average molecular weight is 451 g/mol. The molecule has 3 rings (SSSR count). The first-order valence-corrected chi connectivity index (χ1v) is 9.57. The lowest BCUT2D eigenvalue weighted by atomic mass is 10.2. The second kappa shape index (κ2) is 10.1. The molecule has 2 N–H and O–H groups in total. The summed E-state index contributed by atoms with van der Waals surface area (Å²) in [5, 5.41) is 16.2. The lowest BCUT2D eigenvalue weighted by molar-refractivity contribution is -0.122. The van der Waals surface area contributed by atoms with E-state index < -0.39 is 27.5 Å². The fraction of sp³-hybridized carbons (Fsp3) is 0. The van der Waals surface area contributed by atoms with E-state index in [-0.39, 0.29) is 34.2 Å². The largest absolute Gasteiger partial charge is 0.483 e. The third kappa shape index (κ3) is 6.18. The van der Waals surface area contributed by atoms with E-state index in [0.29, 0.717) is 6.07 Å². The molecule has 2 aromatic carbocycles. The Morgan fingerprint density at radius 1 is 1.03 bits per heavy atom. The SMILES string of the molecule is N#Cc1cc(S(=O)(=O)Nc2ccc(F)cn2)ccc1Oc1ccc(F)cc1F.O=CO. The van der Waals surface area contributed by atoms with Crippen molar-refractivity contribution in [1.29, 1.82) is 5.26 Å². The maximum absolute atomic E-state index is 13.7. The van der Waals surface area contributed by atoms with Gasteiger partial charge in [0.25, 0.3) is 16.5 Å². The predicted octanol–water partition coefficient (Wildman–Crippen LogP) is 3.66. The van der Waals surface area contributed by atoms with E-state index in [1.807, 2.05) is 0 Å². The van der Waals surface area contributed by atoms with Gasteiger partial charge in [0, 0.05) is 6.07 Å². The van der Waals surface area contributed by atoms with Crippen molar-refractivity contribution in [2.24, 2.45) is 0 Å². The first kappa shape index (κ1) is 23.2. The van der Waals surface area contributed by atoms with Crippen molar-refractivity contribution >= 4 is 22.3 Å². The van der Waals surface area contributed by atoms with E-state index >= 15 is 0 Å². The number of rotatable bonds is 5. The number of halogens is 3. The number of benzene rings is 2. The van der Waals surface area contributed by atoms with Crippen LogP contribution in [0.3, 0.4) is 0 Å². The van der Waals surface area contributed by atoms with E-state index in [1.165, 1.54) is 0 Å². The lowest BCUT2D eigenvalue weighted by Crippen LogP contribution is -2.14. The number of carboxylic acid groups (broad SMARTS) is 1. The first-order chi connectivity index (χ1) is 14.7. The Morgan fingerprint density at radius 2 is 1.68 bits per heavy atom. The van der Waals surface area contributed by atoms with Gasteiger partial charge in [-0.05, 0) is 42.5 Å². The highest BCUT2D eigenvalue weighted by molar-refractivity contribution is 7.92. The highest BCUT2D eigenvalue weighted by atomic mass is 32.2. The zero-order valence-corrected chi connectivity index (χ0v) is 16.1. The summed E-state index contributed by atoms with van der Waals surface area (Å²) in [4.78, 5) is 11.7. The van der Waals surface area contributed by atoms with Crippen molar-refractivity contribution < 1.29 is 36.2 Å². The highest BCUT2D eigenvalue weighted by Gasteiger charge is 2.18. The molecule has 0 radical (unpaired) electrons. The molecule has 0 aliphatic heterocycles. The fourth-order valence-electron chi connectivity index (χ4n) is 2.16. The molecule has 0 atom stereocenters. The molecule has 0 aliphatic carbocycles. The fourth-order valence-corrected chi connectivity index (χ4v) is 3.20. The molecule has 0 bridgehead atoms. The van der Waals surface area contributed by atoms with E-state index in [9.17, 15) is 26.9 Å². The normalized spacial score (nSPS) is 10.3. The Kier molecular flexibility index (Phi) is 7.53. The number of aromatic nitrogens is 1. The summed E-state index contributed by atoms with van der Waals surface area (Å²) in [7, 11) is -4.13. The van der Waals surface area contributed by atoms with Crippen LogP contribution in [0, 0.1) is 28.8 Å². The highest BCUT2D eigenvalue weighted by Crippen LogP contribution is 2.29. The topological polar surface area (TPSA) is 129 Å². The molecule has 0 spiro atoms. The summed E-state index contributed by atoms with van der Waals surface area (Å²) >= 11 is 0. The molecule has 0 aliphatic rings. The molecule has 1 heterocycles. The number of carbonyl (C=O) groups is 1. The number of sulfonamides is 1. The zero-order chi connectivity index (χ0) is 23.0. The maximum Gasteiger partial charge on any atom is 0.290 e. The summed E-state index contributed by atoms with van der Waals surface area (Å²) in [6, 6.07) is 9.84. The molecule has 0 fully saturated rings. The van der Waals surface area contributed by atoms with Gasteiger partial charge >= 0.3 is 0 Å². The molecule has 1 aromatic heterocycles. The lowest BCUT2D eigenvalue weighted by Gasteiger charge is -2.11. The molecule has 8 nitrogen and oxygen atoms in total. The van der Waals surface area contributed by atoms with E-state index in [1.54, 1.807) is 6.07 Å². The molecule has 160 valence electrons. The molecule has 0 amide bonds. The van der Waals surface area contributed by atoms with Crippen molar-refractivity contribution in [2.45, 2.75) is 4.90 Å². The second-order valence-corrected chi connectivity index (χ2v) is 7.20. The monoisotopic (exact) mass is 451 g/mol. The van der Waals surface area contributed by atoms with Crippen LogP contribution < -0.4 is 9.46 Å². The van der Waals surface area contributed by atoms with Crippen LogP contribution in [0.2, 0.25) is 0 Å². The molecule has 12 heteroatoms. The van der Waals surface area contributed by atoms with Crippen LogP contribution in [-0.4, -0.2) is 25.0 Å². The predicted molar refractivity (Wildman–Crippen MR) is 101 cm³/mol. The molecule has 3 aromatic rings. The molecule has 0 saturated carbocycles. The molecule has 0 saturated heterocycles. The van der Waals surface area contributed by atoms with Crippen LogP contribution in [0.15, 0.2) is 59.6 Å². The number of nitriles is 1. The summed E-state index contributed by atoms with van der Waals surface area (Å²) in [5.74, 6) is -2.98. The maximum atomic E-state index is 13.7. The van der Waals surface area contributed by atoms with Crippen LogP contribution >= 0.6 is 0 Å². The van der Waals surface area contributed by atoms with Gasteiger partial charge in [-0.2, -0.15) is 5.26 Å². The van der Waals surface area contributed by atoms with E-state index in [0.717, 1.165) is 48.7 Å². The van der Waals surface area contributed by atoms with Gasteiger partial charge in [0.05, 0.1) is 16.7 Å². The Morgan fingerprint density at radius 3 is 2.26 bits per heavy atom. The molecular weight excluding hydrogens is 439 g/mol. The molecular formula is C19H12F3N3O5S. The standard InChI is InChI=1S/C18H10F3N3O3S.CH2O2/c19-12-1-4-17(15(21)8-12)27-16-5-3-14(7-11(16)9-22)28(25,26)24-18-6-2-13(20)10-23-18;2-1-3/h1-8,10H,(H,23,24);1H,(H,2,3). The van der Waals surface area contributed by atoms with E-state index in [4.69, 9.17) is 14.6 Å².